The van der Waals surface area contributed by atoms with Crippen LogP contribution in [0.3, 0.4) is 0 Å². The van der Waals surface area contributed by atoms with Crippen molar-refractivity contribution in [3.63, 3.8) is 0 Å². The highest BCUT2D eigenvalue weighted by molar-refractivity contribution is 6.30. The zero-order valence-corrected chi connectivity index (χ0v) is 14.8. The number of amides is 1. The van der Waals surface area contributed by atoms with E-state index in [2.05, 4.69) is 5.32 Å². The molecule has 0 aromatic heterocycles. The van der Waals surface area contributed by atoms with Gasteiger partial charge in [-0.3, -0.25) is 4.79 Å². The first-order chi connectivity index (χ1) is 12.1. The molecule has 130 valence electrons. The Morgan fingerprint density at radius 1 is 1.24 bits per heavy atom. The summed E-state index contributed by atoms with van der Waals surface area (Å²) in [5, 5.41) is 3.47. The number of benzene rings is 2. The molecule has 0 fully saturated rings. The number of hydrogen-bond acceptors (Lipinski definition) is 3. The minimum Gasteiger partial charge on any atom is -0.450 e. The van der Waals surface area contributed by atoms with Gasteiger partial charge in [0.15, 0.2) is 5.78 Å². The molecule has 25 heavy (non-hydrogen) atoms. The van der Waals surface area contributed by atoms with Gasteiger partial charge in [-0.2, -0.15) is 0 Å². The van der Waals surface area contributed by atoms with Gasteiger partial charge in [-0.05, 0) is 43.0 Å². The molecule has 2 aromatic carbocycles. The zero-order chi connectivity index (χ0) is 17.8. The van der Waals surface area contributed by atoms with E-state index in [1.807, 2.05) is 36.4 Å². The minimum atomic E-state index is -0.519. The summed E-state index contributed by atoms with van der Waals surface area (Å²) in [6.45, 7) is 2.03. The van der Waals surface area contributed by atoms with E-state index in [4.69, 9.17) is 16.3 Å². The van der Waals surface area contributed by atoms with Crippen LogP contribution in [0.1, 0.15) is 40.9 Å². The SMILES string of the molecule is CCOC(=O)NC(c1ccc(Cl)cc1)C1CCc2ccccc2C1=O. The van der Waals surface area contributed by atoms with Gasteiger partial charge in [-0.15, -0.1) is 0 Å². The molecule has 0 saturated heterocycles. The molecular formula is C20H20ClNO3. The van der Waals surface area contributed by atoms with Gasteiger partial charge in [-0.25, -0.2) is 4.79 Å². The number of ether oxygens (including phenoxy) is 1. The Labute approximate surface area is 152 Å². The summed E-state index contributed by atoms with van der Waals surface area (Å²) in [5.74, 6) is -0.279. The van der Waals surface area contributed by atoms with Gasteiger partial charge in [0, 0.05) is 16.5 Å². The normalized spacial score (nSPS) is 17.5. The number of halogens is 1. The van der Waals surface area contributed by atoms with Gasteiger partial charge in [0.05, 0.1) is 12.6 Å². The van der Waals surface area contributed by atoms with Crippen LogP contribution in [0.4, 0.5) is 4.79 Å². The maximum atomic E-state index is 13.0. The molecule has 0 saturated carbocycles. The molecule has 0 spiro atoms. The van der Waals surface area contributed by atoms with Crippen LogP contribution in [-0.4, -0.2) is 18.5 Å². The highest BCUT2D eigenvalue weighted by Crippen LogP contribution is 2.34. The third-order valence-corrected chi connectivity index (χ3v) is 4.78. The fraction of sp³-hybridized carbons (Fsp3) is 0.300. The molecular weight excluding hydrogens is 338 g/mol. The number of Topliss-reactive ketones (excluding diaryl/α,β-unsaturated/α-hetero) is 1. The van der Waals surface area contributed by atoms with Crippen LogP contribution in [0.5, 0.6) is 0 Å². The summed E-state index contributed by atoms with van der Waals surface area (Å²) in [5.41, 5.74) is 2.65. The summed E-state index contributed by atoms with van der Waals surface area (Å²) in [6, 6.07) is 14.4. The number of aryl methyl sites for hydroxylation is 1. The summed E-state index contributed by atoms with van der Waals surface area (Å²) >= 11 is 5.97. The number of hydrogen-bond donors (Lipinski definition) is 1. The molecule has 2 aromatic rings. The Hall–Kier alpha value is -2.33. The summed E-state index contributed by atoms with van der Waals surface area (Å²) in [6.07, 6.45) is 0.964. The van der Waals surface area contributed by atoms with Crippen molar-refractivity contribution in [1.82, 2.24) is 5.32 Å². The number of rotatable bonds is 4. The smallest absolute Gasteiger partial charge is 0.407 e. The maximum absolute atomic E-state index is 13.0. The summed E-state index contributed by atoms with van der Waals surface area (Å²) in [7, 11) is 0. The van der Waals surface area contributed by atoms with E-state index in [9.17, 15) is 9.59 Å². The van der Waals surface area contributed by atoms with Gasteiger partial charge in [0.25, 0.3) is 0 Å². The average Bonchev–Trinajstić information content (AvgIpc) is 2.62. The fourth-order valence-electron chi connectivity index (χ4n) is 3.32. The lowest BCUT2D eigenvalue weighted by Gasteiger charge is -2.31. The van der Waals surface area contributed by atoms with E-state index in [1.54, 1.807) is 19.1 Å². The lowest BCUT2D eigenvalue weighted by Crippen LogP contribution is -2.39. The van der Waals surface area contributed by atoms with Gasteiger partial charge in [0.1, 0.15) is 0 Å². The van der Waals surface area contributed by atoms with Crippen LogP contribution >= 0.6 is 11.6 Å². The molecule has 0 bridgehead atoms. The van der Waals surface area contributed by atoms with Gasteiger partial charge >= 0.3 is 6.09 Å². The van der Waals surface area contributed by atoms with Gasteiger partial charge < -0.3 is 10.1 Å². The van der Waals surface area contributed by atoms with Crippen LogP contribution in [-0.2, 0) is 11.2 Å². The lowest BCUT2D eigenvalue weighted by molar-refractivity contribution is 0.0859. The second kappa shape index (κ2) is 7.70. The minimum absolute atomic E-state index is 0.0543. The first-order valence-electron chi connectivity index (χ1n) is 8.41. The molecule has 2 unspecified atom stereocenters. The van der Waals surface area contributed by atoms with Gasteiger partial charge in [0.2, 0.25) is 0 Å². The van der Waals surface area contributed by atoms with Crippen molar-refractivity contribution in [2.24, 2.45) is 5.92 Å². The van der Waals surface area contributed by atoms with Crippen molar-refractivity contribution in [1.29, 1.82) is 0 Å². The monoisotopic (exact) mass is 357 g/mol. The number of carbonyl (C=O) groups excluding carboxylic acids is 2. The number of fused-ring (bicyclic) bond motifs is 1. The molecule has 5 heteroatoms. The van der Waals surface area contributed by atoms with E-state index in [-0.39, 0.29) is 18.3 Å². The highest BCUT2D eigenvalue weighted by Gasteiger charge is 2.35. The third-order valence-electron chi connectivity index (χ3n) is 4.52. The molecule has 2 atom stereocenters. The topological polar surface area (TPSA) is 55.4 Å². The molecule has 1 aliphatic carbocycles. The largest absolute Gasteiger partial charge is 0.450 e. The molecule has 4 nitrogen and oxygen atoms in total. The predicted molar refractivity (Wildman–Crippen MR) is 96.9 cm³/mol. The van der Waals surface area contributed by atoms with Crippen molar-refractivity contribution in [2.75, 3.05) is 6.61 Å². The highest BCUT2D eigenvalue weighted by atomic mass is 35.5. The van der Waals surface area contributed by atoms with E-state index in [1.165, 1.54) is 0 Å². The Kier molecular flexibility index (Phi) is 5.39. The van der Waals surface area contributed by atoms with Crippen molar-refractivity contribution in [2.45, 2.75) is 25.8 Å². The van der Waals surface area contributed by atoms with E-state index < -0.39 is 12.1 Å². The number of carbonyl (C=O) groups is 2. The molecule has 3 rings (SSSR count). The van der Waals surface area contributed by atoms with Crippen molar-refractivity contribution < 1.29 is 14.3 Å². The second-order valence-corrected chi connectivity index (χ2v) is 6.50. The quantitative estimate of drug-likeness (QED) is 0.871. The van der Waals surface area contributed by atoms with Crippen molar-refractivity contribution in [3.8, 4) is 0 Å². The first-order valence-corrected chi connectivity index (χ1v) is 8.78. The molecule has 1 N–H and O–H groups in total. The van der Waals surface area contributed by atoms with Crippen molar-refractivity contribution >= 4 is 23.5 Å². The maximum Gasteiger partial charge on any atom is 0.407 e. The third kappa shape index (κ3) is 3.85. The van der Waals surface area contributed by atoms with Gasteiger partial charge in [-0.1, -0.05) is 48.0 Å². The molecule has 1 amide bonds. The van der Waals surface area contributed by atoms with Crippen LogP contribution in [0.25, 0.3) is 0 Å². The zero-order valence-electron chi connectivity index (χ0n) is 14.0. The first kappa shape index (κ1) is 17.5. The average molecular weight is 358 g/mol. The van der Waals surface area contributed by atoms with Crippen LogP contribution in [0.2, 0.25) is 5.02 Å². The molecule has 0 radical (unpaired) electrons. The fourth-order valence-corrected chi connectivity index (χ4v) is 3.45. The van der Waals surface area contributed by atoms with Crippen LogP contribution in [0, 0.1) is 5.92 Å². The molecule has 0 aliphatic heterocycles. The number of ketones is 1. The lowest BCUT2D eigenvalue weighted by atomic mass is 9.77. The molecule has 1 aliphatic rings. The van der Waals surface area contributed by atoms with E-state index in [0.717, 1.165) is 23.1 Å². The van der Waals surface area contributed by atoms with Crippen LogP contribution < -0.4 is 5.32 Å². The van der Waals surface area contributed by atoms with E-state index in [0.29, 0.717) is 11.4 Å². The Balaban J connectivity index is 1.92. The Morgan fingerprint density at radius 2 is 1.96 bits per heavy atom. The van der Waals surface area contributed by atoms with Crippen molar-refractivity contribution in [3.05, 3.63) is 70.2 Å². The molecule has 0 heterocycles. The second-order valence-electron chi connectivity index (χ2n) is 6.06. The standard InChI is InChI=1S/C20H20ClNO3/c1-2-25-20(24)22-18(14-7-10-15(21)11-8-14)17-12-9-13-5-3-4-6-16(13)19(17)23/h3-8,10-11,17-18H,2,9,12H2,1H3,(H,22,24). The number of nitrogens with one attached hydrogen (secondary N) is 1. The number of alkyl carbamates (subject to hydrolysis) is 1. The summed E-state index contributed by atoms with van der Waals surface area (Å²) < 4.78 is 5.03. The summed E-state index contributed by atoms with van der Waals surface area (Å²) in [4.78, 5) is 25.0. The predicted octanol–water partition coefficient (Wildman–Crippen LogP) is 4.57. The van der Waals surface area contributed by atoms with E-state index >= 15 is 0 Å². The Bertz CT molecular complexity index is 773. The Morgan fingerprint density at radius 3 is 2.68 bits per heavy atom. The van der Waals surface area contributed by atoms with Crippen LogP contribution in [0.15, 0.2) is 48.5 Å².